The maximum absolute atomic E-state index is 11.9. The van der Waals surface area contributed by atoms with Crippen molar-refractivity contribution in [1.82, 2.24) is 0 Å². The lowest BCUT2D eigenvalue weighted by Crippen LogP contribution is -2.06. The molecule has 0 radical (unpaired) electrons. The SMILES string of the molecule is CCCCOC(=O)c1ccc(NN=Nc2ccccc2C(=O)OCC)cc1. The Morgan fingerprint density at radius 3 is 2.41 bits per heavy atom. The van der Waals surface area contributed by atoms with Gasteiger partial charge in [-0.25, -0.2) is 9.59 Å². The average Bonchev–Trinajstić information content (AvgIpc) is 2.69. The normalized spacial score (nSPS) is 10.6. The minimum Gasteiger partial charge on any atom is -0.462 e. The van der Waals surface area contributed by atoms with Gasteiger partial charge in [0.15, 0.2) is 0 Å². The molecule has 0 fully saturated rings. The van der Waals surface area contributed by atoms with Crippen LogP contribution in [0.15, 0.2) is 58.9 Å². The van der Waals surface area contributed by atoms with Crippen molar-refractivity contribution in [1.29, 1.82) is 0 Å². The molecule has 0 saturated heterocycles. The molecule has 0 aliphatic heterocycles. The average molecular weight is 369 g/mol. The molecule has 2 aromatic carbocycles. The van der Waals surface area contributed by atoms with Gasteiger partial charge in [-0.15, -0.1) is 5.11 Å². The number of carbonyl (C=O) groups is 2. The highest BCUT2D eigenvalue weighted by atomic mass is 16.5. The van der Waals surface area contributed by atoms with Crippen molar-refractivity contribution in [2.75, 3.05) is 18.6 Å². The highest BCUT2D eigenvalue weighted by molar-refractivity contribution is 5.94. The summed E-state index contributed by atoms with van der Waals surface area (Å²) in [6, 6.07) is 13.5. The minimum absolute atomic E-state index is 0.287. The standard InChI is InChI=1S/C20H23N3O4/c1-3-5-14-27-19(24)15-10-12-16(13-11-15)21-23-22-18-9-7-6-8-17(18)20(25)26-4-2/h6-13H,3-5,14H2,1-2H3,(H,21,22). The van der Waals surface area contributed by atoms with Crippen molar-refractivity contribution >= 4 is 23.3 Å². The predicted octanol–water partition coefficient (Wildman–Crippen LogP) is 4.93. The van der Waals surface area contributed by atoms with E-state index >= 15 is 0 Å². The zero-order valence-electron chi connectivity index (χ0n) is 15.5. The van der Waals surface area contributed by atoms with Crippen molar-refractivity contribution in [2.45, 2.75) is 26.7 Å². The number of hydrogen-bond donors (Lipinski definition) is 1. The summed E-state index contributed by atoms with van der Waals surface area (Å²) in [5.74, 6) is -0.794. The van der Waals surface area contributed by atoms with Gasteiger partial charge in [0.05, 0.1) is 30.0 Å². The molecule has 0 amide bonds. The largest absolute Gasteiger partial charge is 0.462 e. The summed E-state index contributed by atoms with van der Waals surface area (Å²) >= 11 is 0. The first-order valence-electron chi connectivity index (χ1n) is 8.85. The molecule has 142 valence electrons. The molecule has 7 heteroatoms. The highest BCUT2D eigenvalue weighted by Gasteiger charge is 2.11. The molecule has 0 aliphatic carbocycles. The van der Waals surface area contributed by atoms with Crippen molar-refractivity contribution in [3.05, 3.63) is 59.7 Å². The molecule has 7 nitrogen and oxygen atoms in total. The Labute approximate surface area is 158 Å². The smallest absolute Gasteiger partial charge is 0.340 e. The topological polar surface area (TPSA) is 89.4 Å². The lowest BCUT2D eigenvalue weighted by Gasteiger charge is -2.05. The van der Waals surface area contributed by atoms with Crippen molar-refractivity contribution < 1.29 is 19.1 Å². The minimum atomic E-state index is -0.446. The molecular formula is C20H23N3O4. The summed E-state index contributed by atoms with van der Waals surface area (Å²) < 4.78 is 10.2. The van der Waals surface area contributed by atoms with Crippen molar-refractivity contribution in [2.24, 2.45) is 10.3 Å². The quantitative estimate of drug-likeness (QED) is 0.293. The molecule has 0 saturated carbocycles. The van der Waals surface area contributed by atoms with Gasteiger partial charge >= 0.3 is 11.9 Å². The van der Waals surface area contributed by atoms with E-state index in [2.05, 4.69) is 15.8 Å². The lowest BCUT2D eigenvalue weighted by atomic mass is 10.2. The molecule has 0 atom stereocenters. The molecule has 27 heavy (non-hydrogen) atoms. The summed E-state index contributed by atoms with van der Waals surface area (Å²) in [6.45, 7) is 4.49. The van der Waals surface area contributed by atoms with E-state index < -0.39 is 5.97 Å². The molecule has 0 aliphatic rings. The van der Waals surface area contributed by atoms with Crippen LogP contribution in [0, 0.1) is 0 Å². The summed E-state index contributed by atoms with van der Waals surface area (Å²) in [7, 11) is 0. The summed E-state index contributed by atoms with van der Waals surface area (Å²) in [4.78, 5) is 23.8. The van der Waals surface area contributed by atoms with E-state index in [9.17, 15) is 9.59 Å². The molecule has 0 unspecified atom stereocenters. The van der Waals surface area contributed by atoms with E-state index in [1.54, 1.807) is 55.5 Å². The zero-order valence-corrected chi connectivity index (χ0v) is 15.5. The van der Waals surface area contributed by atoms with Gasteiger partial charge < -0.3 is 9.47 Å². The molecule has 2 rings (SSSR count). The van der Waals surface area contributed by atoms with E-state index in [-0.39, 0.29) is 12.6 Å². The Morgan fingerprint density at radius 2 is 1.70 bits per heavy atom. The second kappa shape index (κ2) is 10.7. The number of esters is 2. The van der Waals surface area contributed by atoms with E-state index in [1.807, 2.05) is 6.92 Å². The second-order valence-corrected chi connectivity index (χ2v) is 5.62. The summed E-state index contributed by atoms with van der Waals surface area (Å²) in [6.07, 6.45) is 1.82. The third-order valence-electron chi connectivity index (χ3n) is 3.59. The van der Waals surface area contributed by atoms with Gasteiger partial charge in [0.25, 0.3) is 0 Å². The zero-order chi connectivity index (χ0) is 19.5. The maximum Gasteiger partial charge on any atom is 0.340 e. The molecule has 0 bridgehead atoms. The molecular weight excluding hydrogens is 346 g/mol. The van der Waals surface area contributed by atoms with Crippen LogP contribution in [-0.2, 0) is 9.47 Å². The third kappa shape index (κ3) is 6.22. The van der Waals surface area contributed by atoms with Gasteiger partial charge in [-0.3, -0.25) is 5.43 Å². The summed E-state index contributed by atoms with van der Waals surface area (Å²) in [5.41, 5.74) is 4.63. The highest BCUT2D eigenvalue weighted by Crippen LogP contribution is 2.20. The molecule has 0 aromatic heterocycles. The van der Waals surface area contributed by atoms with E-state index in [4.69, 9.17) is 9.47 Å². The van der Waals surface area contributed by atoms with E-state index in [0.717, 1.165) is 12.8 Å². The van der Waals surface area contributed by atoms with Crippen LogP contribution in [0.4, 0.5) is 11.4 Å². The first-order valence-corrected chi connectivity index (χ1v) is 8.85. The molecule has 0 spiro atoms. The Hall–Kier alpha value is -3.22. The van der Waals surface area contributed by atoms with Crippen LogP contribution >= 0.6 is 0 Å². The third-order valence-corrected chi connectivity index (χ3v) is 3.59. The van der Waals surface area contributed by atoms with Crippen molar-refractivity contribution in [3.8, 4) is 0 Å². The van der Waals surface area contributed by atoms with Crippen molar-refractivity contribution in [3.63, 3.8) is 0 Å². The van der Waals surface area contributed by atoms with Gasteiger partial charge in [-0.2, -0.15) is 0 Å². The van der Waals surface area contributed by atoms with Crippen LogP contribution in [0.2, 0.25) is 0 Å². The Kier molecular flexibility index (Phi) is 7.96. The first kappa shape index (κ1) is 20.1. The molecule has 1 N–H and O–H groups in total. The van der Waals surface area contributed by atoms with Crippen LogP contribution in [0.25, 0.3) is 0 Å². The Balaban J connectivity index is 1.97. The maximum atomic E-state index is 11.9. The van der Waals surface area contributed by atoms with Gasteiger partial charge in [0.1, 0.15) is 5.69 Å². The fourth-order valence-electron chi connectivity index (χ4n) is 2.15. The predicted molar refractivity (Wildman–Crippen MR) is 102 cm³/mol. The van der Waals surface area contributed by atoms with Gasteiger partial charge in [-0.05, 0) is 49.7 Å². The number of hydrogen-bond acceptors (Lipinski definition) is 6. The number of nitrogens with one attached hydrogen (secondary N) is 1. The Bertz CT molecular complexity index is 788. The van der Waals surface area contributed by atoms with Gasteiger partial charge in [-0.1, -0.05) is 30.7 Å². The summed E-state index contributed by atoms with van der Waals surface area (Å²) in [5, 5.41) is 7.93. The number of carbonyl (C=O) groups excluding carboxylic acids is 2. The number of ether oxygens (including phenoxy) is 2. The van der Waals surface area contributed by atoms with Crippen LogP contribution in [0.3, 0.4) is 0 Å². The fourth-order valence-corrected chi connectivity index (χ4v) is 2.15. The van der Waals surface area contributed by atoms with Crippen LogP contribution < -0.4 is 5.43 Å². The number of nitrogens with zero attached hydrogens (tertiary/aromatic N) is 2. The number of anilines is 1. The lowest BCUT2D eigenvalue weighted by molar-refractivity contribution is 0.0497. The van der Waals surface area contributed by atoms with Crippen LogP contribution in [-0.4, -0.2) is 25.2 Å². The van der Waals surface area contributed by atoms with Gasteiger partial charge in [0, 0.05) is 0 Å². The number of rotatable bonds is 9. The van der Waals surface area contributed by atoms with E-state index in [0.29, 0.717) is 29.1 Å². The Morgan fingerprint density at radius 1 is 0.963 bits per heavy atom. The van der Waals surface area contributed by atoms with Crippen LogP contribution in [0.5, 0.6) is 0 Å². The monoisotopic (exact) mass is 369 g/mol. The molecule has 0 heterocycles. The fraction of sp³-hybridized carbons (Fsp3) is 0.300. The first-order chi connectivity index (χ1) is 13.2. The van der Waals surface area contributed by atoms with Crippen LogP contribution in [0.1, 0.15) is 47.4 Å². The van der Waals surface area contributed by atoms with E-state index in [1.165, 1.54) is 0 Å². The molecule has 2 aromatic rings. The number of unbranched alkanes of at least 4 members (excludes halogenated alkanes) is 1. The second-order valence-electron chi connectivity index (χ2n) is 5.62. The number of benzene rings is 2. The van der Waals surface area contributed by atoms with Gasteiger partial charge in [0.2, 0.25) is 0 Å².